The van der Waals surface area contributed by atoms with Crippen molar-refractivity contribution in [2.75, 3.05) is 19.8 Å². The van der Waals surface area contributed by atoms with E-state index in [-0.39, 0.29) is 0 Å². The predicted molar refractivity (Wildman–Crippen MR) is 69.7 cm³/mol. The molecule has 0 bridgehead atoms. The Hall–Kier alpha value is -0.0800. The molecule has 1 aliphatic rings. The second-order valence-corrected chi connectivity index (χ2v) is 5.72. The van der Waals surface area contributed by atoms with Crippen molar-refractivity contribution in [3.63, 3.8) is 0 Å². The Bertz CT molecular complexity index is 185. The van der Waals surface area contributed by atoms with Crippen molar-refractivity contribution in [1.29, 1.82) is 0 Å². The average Bonchev–Trinajstić information content (AvgIpc) is 2.31. The highest BCUT2D eigenvalue weighted by atomic mass is 16.5. The van der Waals surface area contributed by atoms with E-state index >= 15 is 0 Å². The first-order chi connectivity index (χ1) is 7.61. The molecule has 1 fully saturated rings. The maximum Gasteiger partial charge on any atom is 0.0469 e. The SMILES string of the molecule is CCCNC(C1CCOCC1)C(C)(C)CC. The number of rotatable bonds is 6. The Kier molecular flexibility index (Phi) is 5.77. The molecule has 0 aromatic rings. The highest BCUT2D eigenvalue weighted by molar-refractivity contribution is 4.89. The van der Waals surface area contributed by atoms with E-state index < -0.39 is 0 Å². The van der Waals surface area contributed by atoms with Gasteiger partial charge in [-0.3, -0.25) is 0 Å². The summed E-state index contributed by atoms with van der Waals surface area (Å²) in [4.78, 5) is 0. The zero-order chi connectivity index (χ0) is 12.0. The molecule has 1 unspecified atom stereocenters. The van der Waals surface area contributed by atoms with Crippen LogP contribution in [0.25, 0.3) is 0 Å². The van der Waals surface area contributed by atoms with Crippen molar-refractivity contribution >= 4 is 0 Å². The largest absolute Gasteiger partial charge is 0.381 e. The van der Waals surface area contributed by atoms with Crippen LogP contribution in [0.2, 0.25) is 0 Å². The summed E-state index contributed by atoms with van der Waals surface area (Å²) in [6.45, 7) is 12.4. The van der Waals surface area contributed by atoms with Crippen LogP contribution in [0.3, 0.4) is 0 Å². The van der Waals surface area contributed by atoms with Crippen molar-refractivity contribution < 1.29 is 4.74 Å². The summed E-state index contributed by atoms with van der Waals surface area (Å²) in [6, 6.07) is 0.654. The zero-order valence-corrected chi connectivity index (χ0v) is 11.5. The minimum Gasteiger partial charge on any atom is -0.381 e. The summed E-state index contributed by atoms with van der Waals surface area (Å²) in [5.41, 5.74) is 0.400. The van der Waals surface area contributed by atoms with Crippen molar-refractivity contribution in [2.24, 2.45) is 11.3 Å². The summed E-state index contributed by atoms with van der Waals surface area (Å²) in [7, 11) is 0. The van der Waals surface area contributed by atoms with E-state index in [9.17, 15) is 0 Å². The van der Waals surface area contributed by atoms with Gasteiger partial charge in [-0.05, 0) is 43.6 Å². The van der Waals surface area contributed by atoms with Crippen molar-refractivity contribution in [3.05, 3.63) is 0 Å². The Morgan fingerprint density at radius 1 is 1.25 bits per heavy atom. The second kappa shape index (κ2) is 6.61. The Balaban J connectivity index is 2.61. The number of nitrogens with one attached hydrogen (secondary N) is 1. The van der Waals surface area contributed by atoms with Crippen LogP contribution in [-0.4, -0.2) is 25.8 Å². The first-order valence-electron chi connectivity index (χ1n) is 6.93. The molecule has 0 amide bonds. The lowest BCUT2D eigenvalue weighted by molar-refractivity contribution is 0.0306. The predicted octanol–water partition coefficient (Wildman–Crippen LogP) is 3.22. The lowest BCUT2D eigenvalue weighted by atomic mass is 9.73. The molecule has 1 rings (SSSR count). The summed E-state index contributed by atoms with van der Waals surface area (Å²) in [5, 5.41) is 3.77. The molecule has 1 heterocycles. The molecule has 16 heavy (non-hydrogen) atoms. The Morgan fingerprint density at radius 3 is 2.38 bits per heavy atom. The van der Waals surface area contributed by atoms with E-state index in [4.69, 9.17) is 4.74 Å². The lowest BCUT2D eigenvalue weighted by Gasteiger charge is -2.41. The first kappa shape index (κ1) is 14.0. The minimum atomic E-state index is 0.400. The van der Waals surface area contributed by atoms with Gasteiger partial charge in [-0.2, -0.15) is 0 Å². The van der Waals surface area contributed by atoms with Crippen LogP contribution in [0.1, 0.15) is 53.4 Å². The van der Waals surface area contributed by atoms with Gasteiger partial charge < -0.3 is 10.1 Å². The van der Waals surface area contributed by atoms with Gasteiger partial charge in [-0.15, -0.1) is 0 Å². The molecule has 1 aliphatic heterocycles. The Labute approximate surface area is 101 Å². The van der Waals surface area contributed by atoms with Crippen LogP contribution >= 0.6 is 0 Å². The fourth-order valence-corrected chi connectivity index (χ4v) is 2.65. The van der Waals surface area contributed by atoms with Crippen LogP contribution in [0.5, 0.6) is 0 Å². The van der Waals surface area contributed by atoms with Gasteiger partial charge >= 0.3 is 0 Å². The molecule has 0 radical (unpaired) electrons. The van der Waals surface area contributed by atoms with Crippen molar-refractivity contribution in [2.45, 2.75) is 59.4 Å². The molecule has 0 aliphatic carbocycles. The maximum absolute atomic E-state index is 5.47. The van der Waals surface area contributed by atoms with Gasteiger partial charge in [0, 0.05) is 19.3 Å². The average molecular weight is 227 g/mol. The van der Waals surface area contributed by atoms with Crippen LogP contribution in [0.15, 0.2) is 0 Å². The zero-order valence-electron chi connectivity index (χ0n) is 11.5. The third-order valence-electron chi connectivity index (χ3n) is 4.10. The van der Waals surface area contributed by atoms with Crippen LogP contribution in [0, 0.1) is 11.3 Å². The molecule has 1 atom stereocenters. The molecule has 2 nitrogen and oxygen atoms in total. The summed E-state index contributed by atoms with van der Waals surface area (Å²) < 4.78 is 5.47. The third kappa shape index (κ3) is 3.74. The van der Waals surface area contributed by atoms with Gasteiger partial charge in [0.15, 0.2) is 0 Å². The van der Waals surface area contributed by atoms with E-state index in [0.29, 0.717) is 11.5 Å². The topological polar surface area (TPSA) is 21.3 Å². The molecule has 2 heteroatoms. The van der Waals surface area contributed by atoms with Gasteiger partial charge in [-0.25, -0.2) is 0 Å². The maximum atomic E-state index is 5.47. The lowest BCUT2D eigenvalue weighted by Crippen LogP contribution is -2.48. The standard InChI is InChI=1S/C14H29NO/c1-5-9-15-13(14(3,4)6-2)12-7-10-16-11-8-12/h12-13,15H,5-11H2,1-4H3. The van der Waals surface area contributed by atoms with E-state index in [2.05, 4.69) is 33.0 Å². The minimum absolute atomic E-state index is 0.400. The molecular formula is C14H29NO. The van der Waals surface area contributed by atoms with Crippen LogP contribution in [0.4, 0.5) is 0 Å². The highest BCUT2D eigenvalue weighted by Gasteiger charge is 2.34. The fourth-order valence-electron chi connectivity index (χ4n) is 2.65. The molecular weight excluding hydrogens is 198 g/mol. The molecule has 1 saturated heterocycles. The monoisotopic (exact) mass is 227 g/mol. The number of ether oxygens (including phenoxy) is 1. The molecule has 0 saturated carbocycles. The van der Waals surface area contributed by atoms with Crippen molar-refractivity contribution in [1.82, 2.24) is 5.32 Å². The van der Waals surface area contributed by atoms with Gasteiger partial charge in [0.25, 0.3) is 0 Å². The highest BCUT2D eigenvalue weighted by Crippen LogP contribution is 2.34. The molecule has 96 valence electrons. The van der Waals surface area contributed by atoms with Crippen LogP contribution < -0.4 is 5.32 Å². The van der Waals surface area contributed by atoms with E-state index in [1.54, 1.807) is 0 Å². The summed E-state index contributed by atoms with van der Waals surface area (Å²) in [6.07, 6.45) is 4.92. The number of hydrogen-bond donors (Lipinski definition) is 1. The van der Waals surface area contributed by atoms with E-state index in [0.717, 1.165) is 25.7 Å². The summed E-state index contributed by atoms with van der Waals surface area (Å²) >= 11 is 0. The Morgan fingerprint density at radius 2 is 1.88 bits per heavy atom. The molecule has 0 aromatic carbocycles. The molecule has 1 N–H and O–H groups in total. The molecule has 0 aromatic heterocycles. The quantitative estimate of drug-likeness (QED) is 0.752. The summed E-state index contributed by atoms with van der Waals surface area (Å²) in [5.74, 6) is 0.801. The van der Waals surface area contributed by atoms with E-state index in [1.807, 2.05) is 0 Å². The van der Waals surface area contributed by atoms with E-state index in [1.165, 1.54) is 25.7 Å². The second-order valence-electron chi connectivity index (χ2n) is 5.72. The van der Waals surface area contributed by atoms with Gasteiger partial charge in [0.05, 0.1) is 0 Å². The van der Waals surface area contributed by atoms with Gasteiger partial charge in [-0.1, -0.05) is 27.7 Å². The smallest absolute Gasteiger partial charge is 0.0469 e. The molecule has 0 spiro atoms. The van der Waals surface area contributed by atoms with Crippen LogP contribution in [-0.2, 0) is 4.74 Å². The fraction of sp³-hybridized carbons (Fsp3) is 1.00. The first-order valence-corrected chi connectivity index (χ1v) is 6.93. The van der Waals surface area contributed by atoms with Gasteiger partial charge in [0.2, 0.25) is 0 Å². The van der Waals surface area contributed by atoms with Crippen molar-refractivity contribution in [3.8, 4) is 0 Å². The van der Waals surface area contributed by atoms with Gasteiger partial charge in [0.1, 0.15) is 0 Å². The third-order valence-corrected chi connectivity index (χ3v) is 4.10. The normalized spacial score (nSPS) is 21.0. The number of hydrogen-bond acceptors (Lipinski definition) is 2.